The largest absolute Gasteiger partial charge is 0.442 e. The first kappa shape index (κ1) is 24.1. The van der Waals surface area contributed by atoms with Crippen molar-refractivity contribution in [2.45, 2.75) is 17.8 Å². The number of aromatic nitrogens is 1. The quantitative estimate of drug-likeness (QED) is 0.454. The Labute approximate surface area is 191 Å². The summed E-state index contributed by atoms with van der Waals surface area (Å²) in [6, 6.07) is 9.57. The number of morpholine rings is 1. The van der Waals surface area contributed by atoms with Crippen LogP contribution in [0.15, 0.2) is 61.3 Å². The molecule has 12 heteroatoms. The van der Waals surface area contributed by atoms with Crippen molar-refractivity contribution in [1.29, 1.82) is 0 Å². The molecular formula is C21H26N2O8P2. The van der Waals surface area contributed by atoms with E-state index < -0.39 is 32.8 Å². The lowest BCUT2D eigenvalue weighted by Crippen LogP contribution is -2.37. The predicted molar refractivity (Wildman–Crippen MR) is 120 cm³/mol. The molecule has 3 heterocycles. The van der Waals surface area contributed by atoms with Crippen LogP contribution in [0.4, 0.5) is 0 Å². The molecule has 2 saturated heterocycles. The fraction of sp³-hybridized carbons (Fsp3) is 0.381. The highest BCUT2D eigenvalue weighted by atomic mass is 31.2. The molecule has 0 aliphatic carbocycles. The zero-order valence-corrected chi connectivity index (χ0v) is 19.9. The molecule has 2 aromatic rings. The van der Waals surface area contributed by atoms with E-state index in [2.05, 4.69) is 11.6 Å². The van der Waals surface area contributed by atoms with Gasteiger partial charge in [-0.1, -0.05) is 18.2 Å². The van der Waals surface area contributed by atoms with Gasteiger partial charge >= 0.3 is 7.60 Å². The summed E-state index contributed by atoms with van der Waals surface area (Å²) >= 11 is 0. The Morgan fingerprint density at radius 1 is 1.24 bits per heavy atom. The van der Waals surface area contributed by atoms with Crippen molar-refractivity contribution in [3.05, 3.63) is 72.4 Å². The lowest BCUT2D eigenvalue weighted by Gasteiger charge is -2.43. The molecule has 2 aliphatic rings. The minimum atomic E-state index is -4.79. The van der Waals surface area contributed by atoms with E-state index in [9.17, 15) is 19.1 Å². The maximum absolute atomic E-state index is 13.3. The summed E-state index contributed by atoms with van der Waals surface area (Å²) in [5, 5.41) is 8.42. The van der Waals surface area contributed by atoms with Gasteiger partial charge in [-0.25, -0.2) is 0 Å². The number of nitrogens with zero attached hydrogens (tertiary/aromatic N) is 2. The maximum atomic E-state index is 13.3. The van der Waals surface area contributed by atoms with Crippen LogP contribution in [0.2, 0.25) is 0 Å². The Kier molecular flexibility index (Phi) is 6.80. The van der Waals surface area contributed by atoms with E-state index in [-0.39, 0.29) is 0 Å². The van der Waals surface area contributed by atoms with Gasteiger partial charge in [0.15, 0.2) is 12.2 Å². The molecule has 4 unspecified atom stereocenters. The molecule has 2 N–H and O–H groups in total. The molecule has 0 bridgehead atoms. The van der Waals surface area contributed by atoms with E-state index in [0.29, 0.717) is 49.1 Å². The van der Waals surface area contributed by atoms with Crippen molar-refractivity contribution in [3.63, 3.8) is 0 Å². The van der Waals surface area contributed by atoms with Crippen LogP contribution in [-0.4, -0.2) is 57.9 Å². The van der Waals surface area contributed by atoms with Gasteiger partial charge in [0, 0.05) is 44.1 Å². The van der Waals surface area contributed by atoms with Gasteiger partial charge in [-0.3, -0.25) is 23.2 Å². The second kappa shape index (κ2) is 9.31. The number of ether oxygens (including phenoxy) is 2. The monoisotopic (exact) mass is 496 g/mol. The van der Waals surface area contributed by atoms with Crippen LogP contribution in [0.25, 0.3) is 0 Å². The van der Waals surface area contributed by atoms with E-state index in [4.69, 9.17) is 18.5 Å². The molecule has 33 heavy (non-hydrogen) atoms. The van der Waals surface area contributed by atoms with Gasteiger partial charge < -0.3 is 24.4 Å². The fourth-order valence-corrected chi connectivity index (χ4v) is 7.91. The van der Waals surface area contributed by atoms with E-state index in [0.717, 1.165) is 6.66 Å². The zero-order valence-electron chi connectivity index (χ0n) is 18.1. The Hall–Kier alpha value is -2.03. The normalized spacial score (nSPS) is 32.3. The lowest BCUT2D eigenvalue weighted by atomic mass is 10.2. The molecule has 4 atom stereocenters. The van der Waals surface area contributed by atoms with Crippen molar-refractivity contribution < 1.29 is 37.7 Å². The average Bonchev–Trinajstić information content (AvgIpc) is 2.79. The standard InChI is InChI=1S/C21H26N2O8P2/c1-16(23-10-12-28-13-11-23)29-19-7-5-18(6-8-19)20-30-32(2,25)21(24,33(26,27)31-20)14-17-4-3-9-22-15-17/h3-9,15,20,24H,1,10-14H2,2H3,(H,26,27). The lowest BCUT2D eigenvalue weighted by molar-refractivity contribution is -0.0439. The van der Waals surface area contributed by atoms with Crippen LogP contribution in [-0.2, 0) is 29.3 Å². The van der Waals surface area contributed by atoms with Crippen molar-refractivity contribution in [2.75, 3.05) is 33.0 Å². The SMILES string of the molecule is C=C(Oc1ccc(C2OP(C)(=O)C(O)(Cc3cccnc3)P(=O)(O)O2)cc1)N1CCOCC1. The Morgan fingerprint density at radius 3 is 2.55 bits per heavy atom. The Morgan fingerprint density at radius 2 is 1.94 bits per heavy atom. The summed E-state index contributed by atoms with van der Waals surface area (Å²) in [6.07, 6.45) is 1.12. The molecule has 178 valence electrons. The smallest absolute Gasteiger partial charge is 0.372 e. The summed E-state index contributed by atoms with van der Waals surface area (Å²) < 4.78 is 48.3. The fourth-order valence-electron chi connectivity index (χ4n) is 3.58. The van der Waals surface area contributed by atoms with Crippen LogP contribution < -0.4 is 4.74 Å². The Bertz CT molecular complexity index is 1060. The molecular weight excluding hydrogens is 470 g/mol. The van der Waals surface area contributed by atoms with Gasteiger partial charge in [-0.2, -0.15) is 0 Å². The van der Waals surface area contributed by atoms with Crippen molar-refractivity contribution in [1.82, 2.24) is 9.88 Å². The highest BCUT2D eigenvalue weighted by Crippen LogP contribution is 2.79. The minimum Gasteiger partial charge on any atom is -0.442 e. The highest BCUT2D eigenvalue weighted by Gasteiger charge is 2.64. The third-order valence-corrected chi connectivity index (χ3v) is 11.0. The van der Waals surface area contributed by atoms with E-state index in [1.807, 2.05) is 4.90 Å². The van der Waals surface area contributed by atoms with Crippen LogP contribution in [0.1, 0.15) is 17.4 Å². The molecule has 2 aliphatic heterocycles. The van der Waals surface area contributed by atoms with Gasteiger partial charge in [-0.15, -0.1) is 0 Å². The molecule has 4 rings (SSSR count). The summed E-state index contributed by atoms with van der Waals surface area (Å²) in [5.41, 5.74) is 0.767. The van der Waals surface area contributed by atoms with Gasteiger partial charge in [0.2, 0.25) is 12.5 Å². The van der Waals surface area contributed by atoms with Crippen molar-refractivity contribution in [3.8, 4) is 5.75 Å². The van der Waals surface area contributed by atoms with E-state index in [1.54, 1.807) is 36.4 Å². The van der Waals surface area contributed by atoms with Gasteiger partial charge in [0.25, 0.3) is 0 Å². The first-order chi connectivity index (χ1) is 15.6. The maximum Gasteiger partial charge on any atom is 0.372 e. The summed E-state index contributed by atoms with van der Waals surface area (Å²) in [5.74, 6) is 0.973. The molecule has 0 radical (unpaired) electrons. The zero-order chi connectivity index (χ0) is 23.7. The molecule has 2 fully saturated rings. The molecule has 0 amide bonds. The molecule has 1 aromatic heterocycles. The van der Waals surface area contributed by atoms with Gasteiger partial charge in [0.1, 0.15) is 5.75 Å². The molecule has 0 spiro atoms. The van der Waals surface area contributed by atoms with Crippen LogP contribution in [0, 0.1) is 0 Å². The van der Waals surface area contributed by atoms with E-state index >= 15 is 0 Å². The van der Waals surface area contributed by atoms with E-state index in [1.165, 1.54) is 12.4 Å². The van der Waals surface area contributed by atoms with Crippen LogP contribution in [0.5, 0.6) is 5.75 Å². The van der Waals surface area contributed by atoms with Crippen molar-refractivity contribution in [2.24, 2.45) is 0 Å². The average molecular weight is 496 g/mol. The topological polar surface area (TPSA) is 128 Å². The summed E-state index contributed by atoms with van der Waals surface area (Å²) in [6.45, 7) is 7.63. The third-order valence-electron chi connectivity index (χ3n) is 5.55. The number of aliphatic hydroxyl groups is 1. The summed E-state index contributed by atoms with van der Waals surface area (Å²) in [7, 11) is -8.84. The Balaban J connectivity index is 1.49. The third kappa shape index (κ3) is 4.93. The number of hydrogen-bond acceptors (Lipinski definition) is 9. The first-order valence-corrected chi connectivity index (χ1v) is 13.9. The first-order valence-electron chi connectivity index (χ1n) is 10.3. The number of benzene rings is 1. The number of rotatable bonds is 6. The molecule has 10 nitrogen and oxygen atoms in total. The van der Waals surface area contributed by atoms with Crippen molar-refractivity contribution >= 4 is 15.0 Å². The predicted octanol–water partition coefficient (Wildman–Crippen LogP) is 3.29. The van der Waals surface area contributed by atoms with Crippen LogP contribution in [0.3, 0.4) is 0 Å². The van der Waals surface area contributed by atoms with Gasteiger partial charge in [0.05, 0.1) is 13.2 Å². The highest BCUT2D eigenvalue weighted by molar-refractivity contribution is 7.75. The second-order valence-corrected chi connectivity index (χ2v) is 12.9. The van der Waals surface area contributed by atoms with Crippen LogP contribution >= 0.6 is 15.0 Å². The summed E-state index contributed by atoms with van der Waals surface area (Å²) in [4.78, 5) is 16.5. The molecule has 0 saturated carbocycles. The van der Waals surface area contributed by atoms with Gasteiger partial charge in [-0.05, 0) is 30.3 Å². The second-order valence-electron chi connectivity index (χ2n) is 7.89. The number of hydrogen-bond donors (Lipinski definition) is 2. The number of pyridine rings is 1. The molecule has 1 aromatic carbocycles. The minimum absolute atomic E-state index is 0.346.